The summed E-state index contributed by atoms with van der Waals surface area (Å²) in [5, 5.41) is 6.94. The normalized spacial score (nSPS) is 6.67. The molecular formula is C3H3N2Rb. The molecule has 0 saturated carbocycles. The van der Waals surface area contributed by atoms with Crippen LogP contribution in [0.15, 0.2) is 18.5 Å². The quantitative estimate of drug-likeness (QED) is 0.397. The molecule has 0 atom stereocenters. The molecule has 1 aromatic rings. The number of hydrogen-bond donors (Lipinski definition) is 0. The van der Waals surface area contributed by atoms with Gasteiger partial charge in [-0.05, 0) is 0 Å². The van der Waals surface area contributed by atoms with Gasteiger partial charge in [0, 0.05) is 6.20 Å². The maximum Gasteiger partial charge on any atom is 1.00 e. The van der Waals surface area contributed by atoms with E-state index in [1.54, 1.807) is 18.5 Å². The first-order chi connectivity index (χ1) is 2.50. The van der Waals surface area contributed by atoms with Gasteiger partial charge in [-0.15, -0.1) is 0 Å². The van der Waals surface area contributed by atoms with E-state index in [1.807, 2.05) is 0 Å². The van der Waals surface area contributed by atoms with E-state index in [0.29, 0.717) is 0 Å². The van der Waals surface area contributed by atoms with Crippen LogP contribution in [-0.4, -0.2) is 5.10 Å². The second-order valence-electron chi connectivity index (χ2n) is 0.722. The van der Waals surface area contributed by atoms with Gasteiger partial charge in [-0.1, -0.05) is 6.07 Å². The van der Waals surface area contributed by atoms with Crippen LogP contribution in [0.3, 0.4) is 0 Å². The molecule has 1 aromatic heterocycles. The predicted octanol–water partition coefficient (Wildman–Crippen LogP) is -2.96. The second kappa shape index (κ2) is 4.18. The van der Waals surface area contributed by atoms with E-state index in [2.05, 4.69) is 10.2 Å². The van der Waals surface area contributed by atoms with Crippen LogP contribution in [0.25, 0.3) is 0 Å². The van der Waals surface area contributed by atoms with Crippen LogP contribution >= 0.6 is 0 Å². The molecule has 0 bridgehead atoms. The molecule has 0 saturated heterocycles. The largest absolute Gasteiger partial charge is 1.00 e. The summed E-state index contributed by atoms with van der Waals surface area (Å²) < 4.78 is 0. The van der Waals surface area contributed by atoms with Crippen LogP contribution in [0.1, 0.15) is 0 Å². The SMILES string of the molecule is [Rb+].c1cn[n-]c1. The topological polar surface area (TPSA) is 27.0 Å². The van der Waals surface area contributed by atoms with Crippen molar-refractivity contribution in [2.24, 2.45) is 0 Å². The van der Waals surface area contributed by atoms with E-state index in [-0.39, 0.29) is 58.2 Å². The molecule has 0 amide bonds. The van der Waals surface area contributed by atoms with E-state index >= 15 is 0 Å². The van der Waals surface area contributed by atoms with Crippen molar-refractivity contribution in [3.8, 4) is 0 Å². The van der Waals surface area contributed by atoms with Gasteiger partial charge in [0.1, 0.15) is 0 Å². The van der Waals surface area contributed by atoms with Crippen LogP contribution in [0.5, 0.6) is 0 Å². The Kier molecular flexibility index (Phi) is 4.89. The number of hydrogen-bond acceptors (Lipinski definition) is 1. The molecular weight excluding hydrogens is 150 g/mol. The van der Waals surface area contributed by atoms with Gasteiger partial charge >= 0.3 is 58.2 Å². The summed E-state index contributed by atoms with van der Waals surface area (Å²) in [4.78, 5) is 0. The minimum absolute atomic E-state index is 0. The molecule has 3 heteroatoms. The zero-order chi connectivity index (χ0) is 3.54. The average Bonchev–Trinajstić information content (AvgIpc) is 1.76. The summed E-state index contributed by atoms with van der Waals surface area (Å²) in [5.74, 6) is 0. The predicted molar refractivity (Wildman–Crippen MR) is 17.6 cm³/mol. The minimum atomic E-state index is 0. The summed E-state index contributed by atoms with van der Waals surface area (Å²) >= 11 is 0. The van der Waals surface area contributed by atoms with Gasteiger partial charge in [-0.3, -0.25) is 0 Å². The molecule has 0 aromatic carbocycles. The number of aromatic nitrogens is 2. The molecule has 0 fully saturated rings. The van der Waals surface area contributed by atoms with Gasteiger partial charge in [0.25, 0.3) is 0 Å². The van der Waals surface area contributed by atoms with Crippen LogP contribution < -0.4 is 63.3 Å². The van der Waals surface area contributed by atoms with Crippen LogP contribution in [0.4, 0.5) is 0 Å². The first kappa shape index (κ1) is 7.02. The zero-order valence-corrected chi connectivity index (χ0v) is 8.54. The van der Waals surface area contributed by atoms with E-state index in [9.17, 15) is 0 Å². The molecule has 0 unspecified atom stereocenters. The second-order valence-corrected chi connectivity index (χ2v) is 0.722. The Morgan fingerprint density at radius 2 is 2.33 bits per heavy atom. The fourth-order valence-electron chi connectivity index (χ4n) is 0.192. The summed E-state index contributed by atoms with van der Waals surface area (Å²) in [5.41, 5.74) is 0. The Hall–Kier alpha value is 1.02. The summed E-state index contributed by atoms with van der Waals surface area (Å²) in [6, 6.07) is 1.78. The van der Waals surface area contributed by atoms with Gasteiger partial charge in [0.05, 0.1) is 0 Å². The molecule has 6 heavy (non-hydrogen) atoms. The van der Waals surface area contributed by atoms with Crippen molar-refractivity contribution in [3.63, 3.8) is 0 Å². The molecule has 0 radical (unpaired) electrons. The third kappa shape index (κ3) is 2.23. The van der Waals surface area contributed by atoms with E-state index in [0.717, 1.165) is 0 Å². The van der Waals surface area contributed by atoms with Crippen LogP contribution in [0.2, 0.25) is 0 Å². The Balaban J connectivity index is 0.000000250. The average molecular weight is 153 g/mol. The fraction of sp³-hybridized carbons (Fsp3) is 0. The van der Waals surface area contributed by atoms with Crippen molar-refractivity contribution in [3.05, 3.63) is 18.5 Å². The monoisotopic (exact) mass is 152 g/mol. The van der Waals surface area contributed by atoms with Gasteiger partial charge < -0.3 is 10.2 Å². The first-order valence-corrected chi connectivity index (χ1v) is 1.38. The van der Waals surface area contributed by atoms with Gasteiger partial charge in [0.2, 0.25) is 0 Å². The Morgan fingerprint density at radius 3 is 2.50 bits per heavy atom. The van der Waals surface area contributed by atoms with Crippen molar-refractivity contribution in [2.45, 2.75) is 0 Å². The fourth-order valence-corrected chi connectivity index (χ4v) is 0.192. The van der Waals surface area contributed by atoms with Crippen molar-refractivity contribution >= 4 is 0 Å². The van der Waals surface area contributed by atoms with E-state index < -0.39 is 0 Å². The molecule has 0 aliphatic rings. The number of nitrogens with zero attached hydrogens (tertiary/aromatic N) is 2. The zero-order valence-electron chi connectivity index (χ0n) is 3.63. The van der Waals surface area contributed by atoms with Crippen molar-refractivity contribution in [1.29, 1.82) is 0 Å². The Morgan fingerprint density at radius 1 is 1.50 bits per heavy atom. The molecule has 2 nitrogen and oxygen atoms in total. The first-order valence-electron chi connectivity index (χ1n) is 1.38. The Labute approximate surface area is 85.1 Å². The van der Waals surface area contributed by atoms with Gasteiger partial charge in [0.15, 0.2) is 0 Å². The van der Waals surface area contributed by atoms with Crippen molar-refractivity contribution in [1.82, 2.24) is 10.2 Å². The van der Waals surface area contributed by atoms with Gasteiger partial charge in [-0.25, -0.2) is 0 Å². The third-order valence-electron chi connectivity index (χ3n) is 0.372. The smallest absolute Gasteiger partial charge is 0.582 e. The molecule has 0 N–H and O–H groups in total. The maximum absolute atomic E-state index is 3.47. The van der Waals surface area contributed by atoms with E-state index in [1.165, 1.54) is 0 Å². The molecule has 1 heterocycles. The standard InChI is InChI=1S/C3H3N2.Rb/c1-2-4-5-3-1;/h1-3H;/q-1;+1. The molecule has 0 aliphatic carbocycles. The van der Waals surface area contributed by atoms with Crippen LogP contribution in [-0.2, 0) is 0 Å². The maximum atomic E-state index is 3.47. The molecule has 26 valence electrons. The number of rotatable bonds is 0. The van der Waals surface area contributed by atoms with Crippen LogP contribution in [0, 0.1) is 0 Å². The van der Waals surface area contributed by atoms with Crippen molar-refractivity contribution < 1.29 is 58.2 Å². The van der Waals surface area contributed by atoms with E-state index in [4.69, 9.17) is 0 Å². The molecule has 0 spiro atoms. The van der Waals surface area contributed by atoms with Gasteiger partial charge in [-0.2, -0.15) is 6.20 Å². The minimum Gasteiger partial charge on any atom is -0.582 e. The molecule has 0 aliphatic heterocycles. The third-order valence-corrected chi connectivity index (χ3v) is 0.372. The summed E-state index contributed by atoms with van der Waals surface area (Å²) in [6.45, 7) is 0. The summed E-state index contributed by atoms with van der Waals surface area (Å²) in [6.07, 6.45) is 3.28. The molecule has 1 rings (SSSR count). The van der Waals surface area contributed by atoms with Crippen molar-refractivity contribution in [2.75, 3.05) is 0 Å². The summed E-state index contributed by atoms with van der Waals surface area (Å²) in [7, 11) is 0. The Bertz CT molecular complexity index is 65.3.